The summed E-state index contributed by atoms with van der Waals surface area (Å²) in [7, 11) is -0.697. The highest BCUT2D eigenvalue weighted by Crippen LogP contribution is 2.32. The molecule has 0 aliphatic carbocycles. The molecule has 1 aromatic carbocycles. The highest BCUT2D eigenvalue weighted by molar-refractivity contribution is 9.09. The summed E-state index contributed by atoms with van der Waals surface area (Å²) in [4.78, 5) is 0. The van der Waals surface area contributed by atoms with Crippen LogP contribution in [0.4, 0.5) is 0 Å². The first-order valence-corrected chi connectivity index (χ1v) is 10.3. The predicted molar refractivity (Wildman–Crippen MR) is 89.4 cm³/mol. The highest BCUT2D eigenvalue weighted by Gasteiger charge is 2.19. The second kappa shape index (κ2) is 7.05. The minimum atomic E-state index is -0.697. The number of hydrogen-bond acceptors (Lipinski definition) is 1. The van der Waals surface area contributed by atoms with Crippen molar-refractivity contribution in [2.75, 3.05) is 0 Å². The van der Waals surface area contributed by atoms with E-state index >= 15 is 0 Å². The average molecular weight is 342 g/mol. The van der Waals surface area contributed by atoms with E-state index in [4.69, 9.17) is 4.43 Å². The van der Waals surface area contributed by atoms with Gasteiger partial charge in [-0.2, -0.15) is 0 Å². The number of alkyl halides is 1. The van der Waals surface area contributed by atoms with E-state index in [2.05, 4.69) is 74.9 Å². The Morgan fingerprint density at radius 2 is 1.89 bits per heavy atom. The maximum atomic E-state index is 5.97. The van der Waals surface area contributed by atoms with Crippen LogP contribution in [0.5, 0.6) is 0 Å². The first-order valence-electron chi connectivity index (χ1n) is 7.00. The molecule has 3 heteroatoms. The second-order valence-corrected chi connectivity index (χ2v) is 9.14. The van der Waals surface area contributed by atoms with Crippen LogP contribution in [0.2, 0.25) is 13.1 Å². The van der Waals surface area contributed by atoms with Crippen LogP contribution in [0.15, 0.2) is 18.2 Å². The van der Waals surface area contributed by atoms with E-state index in [0.29, 0.717) is 0 Å². The molecule has 107 valence electrons. The Morgan fingerprint density at radius 1 is 1.26 bits per heavy atom. The molecule has 0 heterocycles. The van der Waals surface area contributed by atoms with Crippen LogP contribution in [0.1, 0.15) is 55.8 Å². The molecule has 1 atom stereocenters. The van der Waals surface area contributed by atoms with Gasteiger partial charge in [0.2, 0.25) is 9.04 Å². The molecular weight excluding hydrogens is 316 g/mol. The lowest BCUT2D eigenvalue weighted by Gasteiger charge is -2.23. The van der Waals surface area contributed by atoms with Gasteiger partial charge in [-0.15, -0.1) is 0 Å². The van der Waals surface area contributed by atoms with E-state index in [-0.39, 0.29) is 10.4 Å². The largest absolute Gasteiger partial charge is 0.401 e. The van der Waals surface area contributed by atoms with Crippen molar-refractivity contribution in [3.05, 3.63) is 34.9 Å². The molecule has 19 heavy (non-hydrogen) atoms. The second-order valence-electron chi connectivity index (χ2n) is 6.26. The summed E-state index contributed by atoms with van der Waals surface area (Å²) < 4.78 is 5.97. The van der Waals surface area contributed by atoms with Crippen molar-refractivity contribution < 1.29 is 4.43 Å². The summed E-state index contributed by atoms with van der Waals surface area (Å²) >= 11 is 3.69. The molecule has 0 amide bonds. The van der Waals surface area contributed by atoms with Crippen molar-refractivity contribution in [3.8, 4) is 0 Å². The molecule has 0 aromatic heterocycles. The van der Waals surface area contributed by atoms with E-state index in [1.54, 1.807) is 0 Å². The molecule has 0 saturated heterocycles. The summed E-state index contributed by atoms with van der Waals surface area (Å²) in [6.45, 7) is 13.4. The molecule has 1 rings (SSSR count). The summed E-state index contributed by atoms with van der Waals surface area (Å²) in [5.41, 5.74) is 4.31. The van der Waals surface area contributed by atoms with Gasteiger partial charge in [0.15, 0.2) is 0 Å². The van der Waals surface area contributed by atoms with Crippen molar-refractivity contribution in [3.63, 3.8) is 0 Å². The van der Waals surface area contributed by atoms with Crippen LogP contribution in [-0.4, -0.2) is 9.04 Å². The summed E-state index contributed by atoms with van der Waals surface area (Å²) in [5, 5.41) is 0.0342. The zero-order valence-electron chi connectivity index (χ0n) is 13.0. The van der Waals surface area contributed by atoms with Gasteiger partial charge in [-0.25, -0.2) is 0 Å². The minimum absolute atomic E-state index is 0.0342. The van der Waals surface area contributed by atoms with Gasteiger partial charge in [0.25, 0.3) is 0 Å². The first-order chi connectivity index (χ1) is 8.75. The molecule has 1 radical (unpaired) electrons. The summed E-state index contributed by atoms with van der Waals surface area (Å²) in [6.07, 6.45) is 2.27. The third-order valence-corrected chi connectivity index (χ3v) is 4.84. The lowest BCUT2D eigenvalue weighted by molar-refractivity contribution is 0.308. The van der Waals surface area contributed by atoms with Crippen molar-refractivity contribution >= 4 is 25.0 Å². The lowest BCUT2D eigenvalue weighted by atomic mass is 9.84. The van der Waals surface area contributed by atoms with Crippen LogP contribution in [-0.2, 0) is 16.3 Å². The van der Waals surface area contributed by atoms with E-state index < -0.39 is 9.04 Å². The normalized spacial score (nSPS) is 13.9. The zero-order chi connectivity index (χ0) is 14.6. The monoisotopic (exact) mass is 341 g/mol. The van der Waals surface area contributed by atoms with Crippen LogP contribution >= 0.6 is 15.9 Å². The van der Waals surface area contributed by atoms with Gasteiger partial charge in [-0.05, 0) is 41.6 Å². The van der Waals surface area contributed by atoms with Crippen molar-refractivity contribution in [2.45, 2.75) is 64.1 Å². The maximum absolute atomic E-state index is 5.97. The maximum Gasteiger partial charge on any atom is 0.207 e. The zero-order valence-corrected chi connectivity index (χ0v) is 15.6. The first kappa shape index (κ1) is 16.9. The van der Waals surface area contributed by atoms with Crippen molar-refractivity contribution in [2.24, 2.45) is 0 Å². The molecule has 1 unspecified atom stereocenters. The van der Waals surface area contributed by atoms with Gasteiger partial charge >= 0.3 is 0 Å². The molecule has 0 N–H and O–H groups in total. The fraction of sp³-hybridized carbons (Fsp3) is 0.625. The minimum Gasteiger partial charge on any atom is -0.401 e. The Kier molecular flexibility index (Phi) is 6.28. The lowest BCUT2D eigenvalue weighted by Crippen LogP contribution is -2.14. The van der Waals surface area contributed by atoms with E-state index in [9.17, 15) is 0 Å². The Balaban J connectivity index is 3.11. The predicted octanol–water partition coefficient (Wildman–Crippen LogP) is 5.60. The molecule has 1 nitrogen and oxygen atoms in total. The van der Waals surface area contributed by atoms with Gasteiger partial charge in [0.05, 0.1) is 0 Å². The van der Waals surface area contributed by atoms with Crippen molar-refractivity contribution in [1.29, 1.82) is 0 Å². The Labute approximate surface area is 128 Å². The number of benzene rings is 1. The molecule has 0 bridgehead atoms. The Bertz CT molecular complexity index is 410. The Hall–Kier alpha value is -0.123. The van der Waals surface area contributed by atoms with Gasteiger partial charge in [-0.3, -0.25) is 0 Å². The Morgan fingerprint density at radius 3 is 2.37 bits per heavy atom. The number of rotatable bonds is 5. The quantitative estimate of drug-likeness (QED) is 0.500. The fourth-order valence-corrected chi connectivity index (χ4v) is 4.16. The number of aryl methyl sites for hydroxylation is 1. The van der Waals surface area contributed by atoms with Crippen LogP contribution in [0.3, 0.4) is 0 Å². The topological polar surface area (TPSA) is 9.23 Å². The fourth-order valence-electron chi connectivity index (χ4n) is 2.05. The van der Waals surface area contributed by atoms with Gasteiger partial charge in [0, 0.05) is 0 Å². The van der Waals surface area contributed by atoms with Gasteiger partial charge in [-0.1, -0.05) is 68.2 Å². The van der Waals surface area contributed by atoms with E-state index in [1.807, 2.05) is 0 Å². The van der Waals surface area contributed by atoms with Crippen LogP contribution < -0.4 is 0 Å². The van der Waals surface area contributed by atoms with Crippen molar-refractivity contribution in [1.82, 2.24) is 0 Å². The van der Waals surface area contributed by atoms with Crippen LogP contribution in [0.25, 0.3) is 0 Å². The number of hydrogen-bond donors (Lipinski definition) is 0. The standard InChI is InChI=1S/C16H26BrOSi/c1-7-8-12-11-13(16(2,3)4)9-10-14(12)15(17)18-19(5)6/h9-11,15H,7-8H2,1-6H3. The van der Waals surface area contributed by atoms with Gasteiger partial charge in [0.1, 0.15) is 5.01 Å². The average Bonchev–Trinajstić information content (AvgIpc) is 2.27. The van der Waals surface area contributed by atoms with E-state index in [0.717, 1.165) is 12.8 Å². The number of halogens is 1. The third-order valence-electron chi connectivity index (χ3n) is 3.11. The molecule has 0 aliphatic rings. The SMILES string of the molecule is CCCc1cc(C(C)(C)C)ccc1C(Br)O[Si](C)C. The molecular formula is C16H26BrOSi. The van der Waals surface area contributed by atoms with E-state index in [1.165, 1.54) is 16.7 Å². The molecule has 0 aliphatic heterocycles. The molecule has 0 saturated carbocycles. The molecule has 0 spiro atoms. The smallest absolute Gasteiger partial charge is 0.207 e. The summed E-state index contributed by atoms with van der Waals surface area (Å²) in [6, 6.07) is 6.83. The molecule has 0 fully saturated rings. The van der Waals surface area contributed by atoms with Gasteiger partial charge < -0.3 is 4.43 Å². The summed E-state index contributed by atoms with van der Waals surface area (Å²) in [5.74, 6) is 0. The molecule has 1 aromatic rings. The third kappa shape index (κ3) is 5.05. The highest BCUT2D eigenvalue weighted by atomic mass is 79.9. The van der Waals surface area contributed by atoms with Crippen LogP contribution in [0, 0.1) is 0 Å².